The highest BCUT2D eigenvalue weighted by atomic mass is 79.9. The zero-order chi connectivity index (χ0) is 16.0. The third kappa shape index (κ3) is 5.52. The van der Waals surface area contributed by atoms with Crippen LogP contribution in [-0.2, 0) is 10.0 Å². The second-order valence-electron chi connectivity index (χ2n) is 4.59. The lowest BCUT2D eigenvalue weighted by Crippen LogP contribution is -2.30. The topological polar surface area (TPSA) is 75.4 Å². The predicted molar refractivity (Wildman–Crippen MR) is 93.8 cm³/mol. The van der Waals surface area contributed by atoms with Gasteiger partial charge in [0.25, 0.3) is 0 Å². The maximum atomic E-state index is 12.3. The van der Waals surface area contributed by atoms with E-state index in [0.717, 1.165) is 26.1 Å². The van der Waals surface area contributed by atoms with Crippen LogP contribution in [0.5, 0.6) is 0 Å². The lowest BCUT2D eigenvalue weighted by Gasteiger charge is -2.18. The number of rotatable bonds is 8. The molecule has 3 N–H and O–H groups in total. The second kappa shape index (κ2) is 8.47. The number of anilines is 1. The number of sulfonamides is 1. The molecular weight excluding hydrogens is 422 g/mol. The highest BCUT2D eigenvalue weighted by Crippen LogP contribution is 2.32. The third-order valence-corrected chi connectivity index (χ3v) is 6.46. The minimum Gasteiger partial charge on any atom is -0.399 e. The van der Waals surface area contributed by atoms with Gasteiger partial charge in [-0.25, -0.2) is 13.1 Å². The Balaban J connectivity index is 2.71. The summed E-state index contributed by atoms with van der Waals surface area (Å²) in [6.45, 7) is 7.41. The molecule has 5 nitrogen and oxygen atoms in total. The number of nitrogens with one attached hydrogen (secondary N) is 1. The van der Waals surface area contributed by atoms with Crippen molar-refractivity contribution in [2.75, 3.05) is 31.9 Å². The maximum absolute atomic E-state index is 12.3. The van der Waals surface area contributed by atoms with Crippen LogP contribution >= 0.6 is 31.9 Å². The van der Waals surface area contributed by atoms with Crippen LogP contribution in [-0.4, -0.2) is 39.5 Å². The zero-order valence-corrected chi connectivity index (χ0v) is 16.2. The first-order valence-electron chi connectivity index (χ1n) is 6.78. The van der Waals surface area contributed by atoms with Crippen LogP contribution in [0.3, 0.4) is 0 Å². The van der Waals surface area contributed by atoms with E-state index in [9.17, 15) is 8.42 Å². The fourth-order valence-corrected chi connectivity index (χ4v) is 5.65. The minimum atomic E-state index is -3.57. The molecule has 0 bridgehead atoms. The van der Waals surface area contributed by atoms with Crippen molar-refractivity contribution in [2.24, 2.45) is 0 Å². The van der Waals surface area contributed by atoms with Gasteiger partial charge < -0.3 is 10.6 Å². The molecule has 0 aliphatic carbocycles. The Bertz CT molecular complexity index is 552. The summed E-state index contributed by atoms with van der Waals surface area (Å²) in [6.07, 6.45) is 0.769. The van der Waals surface area contributed by atoms with E-state index in [1.165, 1.54) is 0 Å². The van der Waals surface area contributed by atoms with Crippen LogP contribution in [0.25, 0.3) is 0 Å². The Morgan fingerprint density at radius 2 is 1.71 bits per heavy atom. The molecular formula is C13H21Br2N3O2S. The average Bonchev–Trinajstić information content (AvgIpc) is 2.37. The molecule has 1 aromatic rings. The van der Waals surface area contributed by atoms with E-state index in [-0.39, 0.29) is 4.90 Å². The molecule has 0 heterocycles. The number of hydrogen-bond acceptors (Lipinski definition) is 4. The average molecular weight is 443 g/mol. The molecule has 0 radical (unpaired) electrons. The van der Waals surface area contributed by atoms with Crippen molar-refractivity contribution in [3.05, 3.63) is 21.1 Å². The number of benzene rings is 1. The molecule has 0 aromatic heterocycles. The van der Waals surface area contributed by atoms with Gasteiger partial charge in [-0.05, 0) is 70.0 Å². The number of halogens is 2. The Hall–Kier alpha value is -0.150. The lowest BCUT2D eigenvalue weighted by molar-refractivity contribution is 0.300. The van der Waals surface area contributed by atoms with Crippen molar-refractivity contribution in [1.82, 2.24) is 9.62 Å². The van der Waals surface area contributed by atoms with E-state index in [1.807, 2.05) is 0 Å². The Kier molecular flexibility index (Phi) is 7.63. The largest absolute Gasteiger partial charge is 0.399 e. The van der Waals surface area contributed by atoms with Crippen molar-refractivity contribution >= 4 is 47.6 Å². The minimum absolute atomic E-state index is 0.180. The van der Waals surface area contributed by atoms with Gasteiger partial charge in [0.15, 0.2) is 0 Å². The molecule has 0 aliphatic rings. The standard InChI is InChI=1S/C13H21Br2N3O2S/c1-3-18(4-2)7-5-6-17-21(19,20)13-11(14)8-10(16)9-12(13)15/h8-9,17H,3-7,16H2,1-2H3. The van der Waals surface area contributed by atoms with E-state index in [2.05, 4.69) is 55.3 Å². The summed E-state index contributed by atoms with van der Waals surface area (Å²) < 4.78 is 28.2. The van der Waals surface area contributed by atoms with Gasteiger partial charge in [-0.15, -0.1) is 0 Å². The molecule has 0 amide bonds. The molecule has 120 valence electrons. The van der Waals surface area contributed by atoms with Crippen molar-refractivity contribution in [2.45, 2.75) is 25.2 Å². The zero-order valence-electron chi connectivity index (χ0n) is 12.2. The van der Waals surface area contributed by atoms with E-state index in [4.69, 9.17) is 5.73 Å². The van der Waals surface area contributed by atoms with E-state index in [0.29, 0.717) is 21.2 Å². The van der Waals surface area contributed by atoms with Crippen LogP contribution in [0.1, 0.15) is 20.3 Å². The smallest absolute Gasteiger partial charge is 0.242 e. The fourth-order valence-electron chi connectivity index (χ4n) is 1.96. The van der Waals surface area contributed by atoms with E-state index in [1.54, 1.807) is 12.1 Å². The SMILES string of the molecule is CCN(CC)CCCNS(=O)(=O)c1c(Br)cc(N)cc1Br. The third-order valence-electron chi connectivity index (χ3n) is 3.13. The highest BCUT2D eigenvalue weighted by molar-refractivity contribution is 9.11. The molecule has 0 saturated heterocycles. The summed E-state index contributed by atoms with van der Waals surface area (Å²) in [5.41, 5.74) is 6.17. The van der Waals surface area contributed by atoms with Crippen LogP contribution in [0.15, 0.2) is 26.0 Å². The molecule has 21 heavy (non-hydrogen) atoms. The maximum Gasteiger partial charge on any atom is 0.242 e. The Labute approximate surface area is 143 Å². The first-order chi connectivity index (χ1) is 9.81. The molecule has 1 rings (SSSR count). The van der Waals surface area contributed by atoms with Crippen LogP contribution < -0.4 is 10.5 Å². The van der Waals surface area contributed by atoms with Gasteiger partial charge in [0.2, 0.25) is 10.0 Å². The lowest BCUT2D eigenvalue weighted by atomic mass is 10.3. The summed E-state index contributed by atoms with van der Waals surface area (Å²) in [5, 5.41) is 0. The number of nitrogen functional groups attached to an aromatic ring is 1. The van der Waals surface area contributed by atoms with Gasteiger partial charge in [0, 0.05) is 21.2 Å². The second-order valence-corrected chi connectivity index (χ2v) is 8.00. The molecule has 0 saturated carbocycles. The van der Waals surface area contributed by atoms with Crippen molar-refractivity contribution in [1.29, 1.82) is 0 Å². The summed E-state index contributed by atoms with van der Waals surface area (Å²) in [4.78, 5) is 2.43. The highest BCUT2D eigenvalue weighted by Gasteiger charge is 2.21. The van der Waals surface area contributed by atoms with Gasteiger partial charge in [-0.2, -0.15) is 0 Å². The molecule has 0 aliphatic heterocycles. The van der Waals surface area contributed by atoms with Crippen LogP contribution in [0.4, 0.5) is 5.69 Å². The van der Waals surface area contributed by atoms with Gasteiger partial charge in [-0.1, -0.05) is 13.8 Å². The molecule has 1 aromatic carbocycles. The van der Waals surface area contributed by atoms with Crippen molar-refractivity contribution < 1.29 is 8.42 Å². The van der Waals surface area contributed by atoms with Crippen molar-refractivity contribution in [3.8, 4) is 0 Å². The number of nitrogens with zero attached hydrogens (tertiary/aromatic N) is 1. The molecule has 0 fully saturated rings. The quantitative estimate of drug-likeness (QED) is 0.479. The summed E-state index contributed by atoms with van der Waals surface area (Å²) in [5.74, 6) is 0. The van der Waals surface area contributed by atoms with Crippen LogP contribution in [0, 0.1) is 0 Å². The van der Waals surface area contributed by atoms with Crippen molar-refractivity contribution in [3.63, 3.8) is 0 Å². The first kappa shape index (κ1) is 18.9. The summed E-state index contributed by atoms with van der Waals surface area (Å²) in [6, 6.07) is 3.16. The van der Waals surface area contributed by atoms with E-state index >= 15 is 0 Å². The number of nitrogens with two attached hydrogens (primary N) is 1. The summed E-state index contributed by atoms with van der Waals surface area (Å²) >= 11 is 6.50. The Morgan fingerprint density at radius 1 is 1.19 bits per heavy atom. The van der Waals surface area contributed by atoms with Gasteiger partial charge in [-0.3, -0.25) is 0 Å². The van der Waals surface area contributed by atoms with Gasteiger partial charge in [0.05, 0.1) is 0 Å². The van der Waals surface area contributed by atoms with Crippen LogP contribution in [0.2, 0.25) is 0 Å². The molecule has 0 spiro atoms. The normalized spacial score (nSPS) is 12.0. The number of hydrogen-bond donors (Lipinski definition) is 2. The first-order valence-corrected chi connectivity index (χ1v) is 9.85. The monoisotopic (exact) mass is 441 g/mol. The van der Waals surface area contributed by atoms with Gasteiger partial charge in [0.1, 0.15) is 4.90 Å². The fraction of sp³-hybridized carbons (Fsp3) is 0.538. The molecule has 8 heteroatoms. The predicted octanol–water partition coefficient (Wildman–Crippen LogP) is 2.80. The Morgan fingerprint density at radius 3 is 2.19 bits per heavy atom. The van der Waals surface area contributed by atoms with E-state index < -0.39 is 10.0 Å². The van der Waals surface area contributed by atoms with Gasteiger partial charge >= 0.3 is 0 Å². The molecule has 0 atom stereocenters. The molecule has 0 unspecified atom stereocenters. The summed E-state index contributed by atoms with van der Waals surface area (Å²) in [7, 11) is -3.57.